The minimum atomic E-state index is -0.442. The van der Waals surface area contributed by atoms with Crippen molar-refractivity contribution in [2.45, 2.75) is 6.92 Å². The van der Waals surface area contributed by atoms with Gasteiger partial charge < -0.3 is 20.1 Å². The third-order valence-electron chi connectivity index (χ3n) is 2.65. The fraction of sp³-hybridized carbons (Fsp3) is 0.286. The van der Waals surface area contributed by atoms with Gasteiger partial charge in [0.25, 0.3) is 0 Å². The van der Waals surface area contributed by atoms with Gasteiger partial charge in [-0.2, -0.15) is 15.0 Å². The number of nitrogens with one attached hydrogen (secondary N) is 2. The van der Waals surface area contributed by atoms with Crippen LogP contribution < -0.4 is 15.4 Å². The summed E-state index contributed by atoms with van der Waals surface area (Å²) in [5.41, 5.74) is 0.759. The van der Waals surface area contributed by atoms with Gasteiger partial charge >= 0.3 is 5.97 Å². The van der Waals surface area contributed by atoms with E-state index >= 15 is 0 Å². The molecule has 0 amide bonds. The lowest BCUT2D eigenvalue weighted by molar-refractivity contribution is -0.138. The first kappa shape index (κ1) is 16.8. The molecule has 1 heterocycles. The lowest BCUT2D eigenvalue weighted by Crippen LogP contribution is -2.17. The molecule has 2 rings (SSSR count). The van der Waals surface area contributed by atoms with Crippen LogP contribution in [0.3, 0.4) is 0 Å². The topological polar surface area (TPSA) is 98.3 Å². The maximum atomic E-state index is 11.1. The second kappa shape index (κ2) is 8.14. The molecule has 0 atom stereocenters. The summed E-state index contributed by atoms with van der Waals surface area (Å²) in [5.74, 6) is 0.750. The van der Waals surface area contributed by atoms with E-state index in [1.165, 1.54) is 7.11 Å². The van der Waals surface area contributed by atoms with Crippen LogP contribution in [0, 0.1) is 0 Å². The number of rotatable bonds is 7. The van der Waals surface area contributed by atoms with Crippen molar-refractivity contribution in [2.75, 3.05) is 30.9 Å². The van der Waals surface area contributed by atoms with E-state index in [1.54, 1.807) is 0 Å². The van der Waals surface area contributed by atoms with Crippen molar-refractivity contribution in [2.24, 2.45) is 0 Å². The number of benzene rings is 1. The standard InChI is InChI=1S/C14H16ClN5O3/c1-3-23-10-6-4-9(5-7-10)17-14-19-12(15)18-13(20-14)16-8-11(21)22-2/h4-7H,3,8H2,1-2H3,(H2,16,17,18,19,20). The lowest BCUT2D eigenvalue weighted by Gasteiger charge is -2.08. The molecular formula is C14H16ClN5O3. The molecule has 8 nitrogen and oxygen atoms in total. The second-order valence-electron chi connectivity index (χ2n) is 4.26. The number of esters is 1. The smallest absolute Gasteiger partial charge is 0.325 e. The molecule has 1 aromatic carbocycles. The molecular weight excluding hydrogens is 322 g/mol. The molecule has 0 aliphatic heterocycles. The maximum Gasteiger partial charge on any atom is 0.325 e. The van der Waals surface area contributed by atoms with Gasteiger partial charge in [0.2, 0.25) is 17.2 Å². The molecule has 2 N–H and O–H groups in total. The molecule has 0 radical (unpaired) electrons. The van der Waals surface area contributed by atoms with E-state index < -0.39 is 5.97 Å². The van der Waals surface area contributed by atoms with Crippen LogP contribution in [-0.4, -0.2) is 41.2 Å². The summed E-state index contributed by atoms with van der Waals surface area (Å²) < 4.78 is 9.90. The number of hydrogen-bond acceptors (Lipinski definition) is 8. The Balaban J connectivity index is 2.06. The minimum Gasteiger partial charge on any atom is -0.494 e. The van der Waals surface area contributed by atoms with E-state index in [0.717, 1.165) is 11.4 Å². The van der Waals surface area contributed by atoms with E-state index in [2.05, 4.69) is 30.3 Å². The van der Waals surface area contributed by atoms with Gasteiger partial charge in [-0.25, -0.2) is 0 Å². The van der Waals surface area contributed by atoms with Gasteiger partial charge in [0.1, 0.15) is 12.3 Å². The Hall–Kier alpha value is -2.61. The summed E-state index contributed by atoms with van der Waals surface area (Å²) in [5, 5.41) is 5.71. The van der Waals surface area contributed by atoms with Gasteiger partial charge in [-0.15, -0.1) is 0 Å². The molecule has 2 aromatic rings. The highest BCUT2D eigenvalue weighted by Gasteiger charge is 2.07. The number of ether oxygens (including phenoxy) is 2. The van der Waals surface area contributed by atoms with Gasteiger partial charge in [0.05, 0.1) is 13.7 Å². The predicted octanol–water partition coefficient (Wildman–Crippen LogP) is 2.25. The van der Waals surface area contributed by atoms with E-state index in [4.69, 9.17) is 16.3 Å². The molecule has 0 bridgehead atoms. The summed E-state index contributed by atoms with van der Waals surface area (Å²) in [6, 6.07) is 7.30. The Morgan fingerprint density at radius 1 is 1.17 bits per heavy atom. The van der Waals surface area contributed by atoms with Crippen LogP contribution >= 0.6 is 11.6 Å². The molecule has 122 valence electrons. The minimum absolute atomic E-state index is 0.000743. The van der Waals surface area contributed by atoms with Crippen LogP contribution in [0.5, 0.6) is 5.75 Å². The largest absolute Gasteiger partial charge is 0.494 e. The Morgan fingerprint density at radius 3 is 2.52 bits per heavy atom. The van der Waals surface area contributed by atoms with E-state index in [-0.39, 0.29) is 23.7 Å². The number of carbonyl (C=O) groups excluding carboxylic acids is 1. The van der Waals surface area contributed by atoms with Gasteiger partial charge in [-0.1, -0.05) is 0 Å². The maximum absolute atomic E-state index is 11.1. The molecule has 9 heteroatoms. The number of carbonyl (C=O) groups is 1. The number of hydrogen-bond donors (Lipinski definition) is 2. The summed E-state index contributed by atoms with van der Waals surface area (Å²) >= 11 is 5.85. The highest BCUT2D eigenvalue weighted by atomic mass is 35.5. The monoisotopic (exact) mass is 337 g/mol. The molecule has 0 fully saturated rings. The van der Waals surface area contributed by atoms with E-state index in [0.29, 0.717) is 6.61 Å². The zero-order valence-electron chi connectivity index (χ0n) is 12.7. The zero-order valence-corrected chi connectivity index (χ0v) is 13.4. The van der Waals surface area contributed by atoms with Crippen molar-refractivity contribution < 1.29 is 14.3 Å². The first-order valence-electron chi connectivity index (χ1n) is 6.83. The van der Waals surface area contributed by atoms with Crippen LogP contribution in [0.2, 0.25) is 5.28 Å². The van der Waals surface area contributed by atoms with Crippen molar-refractivity contribution in [1.29, 1.82) is 0 Å². The van der Waals surface area contributed by atoms with Crippen molar-refractivity contribution in [3.05, 3.63) is 29.5 Å². The molecule has 0 unspecified atom stereocenters. The van der Waals surface area contributed by atoms with Crippen molar-refractivity contribution in [3.63, 3.8) is 0 Å². The quantitative estimate of drug-likeness (QED) is 0.742. The van der Waals surface area contributed by atoms with E-state index in [1.807, 2.05) is 31.2 Å². The third kappa shape index (κ3) is 5.26. The number of methoxy groups -OCH3 is 1. The van der Waals surface area contributed by atoms with Gasteiger partial charge in [-0.3, -0.25) is 4.79 Å². The number of anilines is 3. The van der Waals surface area contributed by atoms with Crippen molar-refractivity contribution >= 4 is 35.2 Å². The fourth-order valence-corrected chi connectivity index (χ4v) is 1.80. The summed E-state index contributed by atoms with van der Waals surface area (Å²) in [7, 11) is 1.29. The Morgan fingerprint density at radius 2 is 1.87 bits per heavy atom. The number of aromatic nitrogens is 3. The zero-order chi connectivity index (χ0) is 16.7. The summed E-state index contributed by atoms with van der Waals surface area (Å²) in [4.78, 5) is 23.1. The highest BCUT2D eigenvalue weighted by Crippen LogP contribution is 2.19. The molecule has 0 saturated carbocycles. The number of nitrogens with zero attached hydrogens (tertiary/aromatic N) is 3. The second-order valence-corrected chi connectivity index (χ2v) is 4.60. The molecule has 0 aliphatic rings. The molecule has 0 aliphatic carbocycles. The normalized spacial score (nSPS) is 10.0. The summed E-state index contributed by atoms with van der Waals surface area (Å²) in [6.45, 7) is 2.45. The van der Waals surface area contributed by atoms with Gasteiger partial charge in [0, 0.05) is 5.69 Å². The Labute approximate surface area is 138 Å². The predicted molar refractivity (Wildman–Crippen MR) is 86.2 cm³/mol. The Kier molecular flexibility index (Phi) is 5.93. The average Bonchev–Trinajstić information content (AvgIpc) is 2.54. The number of halogens is 1. The fourth-order valence-electron chi connectivity index (χ4n) is 1.64. The van der Waals surface area contributed by atoms with Gasteiger partial charge in [0.15, 0.2) is 0 Å². The molecule has 0 saturated heterocycles. The van der Waals surface area contributed by atoms with Crippen LogP contribution in [-0.2, 0) is 9.53 Å². The van der Waals surface area contributed by atoms with Crippen molar-refractivity contribution in [3.8, 4) is 5.75 Å². The van der Waals surface area contributed by atoms with Crippen LogP contribution in [0.4, 0.5) is 17.6 Å². The lowest BCUT2D eigenvalue weighted by atomic mass is 10.3. The summed E-state index contributed by atoms with van der Waals surface area (Å²) in [6.07, 6.45) is 0. The van der Waals surface area contributed by atoms with Crippen LogP contribution in [0.15, 0.2) is 24.3 Å². The first-order chi connectivity index (χ1) is 11.1. The van der Waals surface area contributed by atoms with Gasteiger partial charge in [-0.05, 0) is 42.8 Å². The highest BCUT2D eigenvalue weighted by molar-refractivity contribution is 6.28. The van der Waals surface area contributed by atoms with Crippen LogP contribution in [0.1, 0.15) is 6.92 Å². The van der Waals surface area contributed by atoms with E-state index in [9.17, 15) is 4.79 Å². The molecule has 23 heavy (non-hydrogen) atoms. The SMILES string of the molecule is CCOc1ccc(Nc2nc(Cl)nc(NCC(=O)OC)n2)cc1. The average molecular weight is 338 g/mol. The molecule has 0 spiro atoms. The van der Waals surface area contributed by atoms with Crippen LogP contribution in [0.25, 0.3) is 0 Å². The molecule has 1 aromatic heterocycles. The Bertz CT molecular complexity index is 666. The first-order valence-corrected chi connectivity index (χ1v) is 7.20. The third-order valence-corrected chi connectivity index (χ3v) is 2.82. The van der Waals surface area contributed by atoms with Crippen molar-refractivity contribution in [1.82, 2.24) is 15.0 Å².